The first-order chi connectivity index (χ1) is 11.7. The molecular formula is C19H25FN2O3. The topological polar surface area (TPSA) is 69.6 Å². The maximum Gasteiger partial charge on any atom is 0.254 e. The molecule has 0 unspecified atom stereocenters. The molecule has 0 radical (unpaired) electrons. The first-order valence-corrected chi connectivity index (χ1v) is 8.75. The predicted octanol–water partition coefficient (Wildman–Crippen LogP) is 1.82. The van der Waals surface area contributed by atoms with Crippen molar-refractivity contribution >= 4 is 11.8 Å². The molecule has 1 aromatic rings. The normalized spacial score (nSPS) is 30.3. The zero-order chi connectivity index (χ0) is 18.2. The highest BCUT2D eigenvalue weighted by Gasteiger charge is 2.41. The maximum atomic E-state index is 13.3. The fraction of sp³-hybridized carbons (Fsp3) is 0.579. The minimum atomic E-state index is -0.877. The molecule has 0 aliphatic heterocycles. The molecule has 2 aliphatic carbocycles. The third-order valence-electron chi connectivity index (χ3n) is 4.95. The van der Waals surface area contributed by atoms with E-state index in [2.05, 4.69) is 5.32 Å². The lowest BCUT2D eigenvalue weighted by molar-refractivity contribution is -0.125. The molecule has 3 rings (SSSR count). The van der Waals surface area contributed by atoms with Crippen molar-refractivity contribution in [3.63, 3.8) is 0 Å². The Morgan fingerprint density at radius 3 is 2.44 bits per heavy atom. The van der Waals surface area contributed by atoms with Gasteiger partial charge in [0.25, 0.3) is 5.91 Å². The van der Waals surface area contributed by atoms with E-state index < -0.39 is 11.8 Å². The number of rotatable bonds is 6. The van der Waals surface area contributed by atoms with Gasteiger partial charge in [-0.15, -0.1) is 0 Å². The third kappa shape index (κ3) is 4.57. The van der Waals surface area contributed by atoms with E-state index in [-0.39, 0.29) is 36.9 Å². The summed E-state index contributed by atoms with van der Waals surface area (Å²) < 4.78 is 13.3. The minimum Gasteiger partial charge on any atom is -0.390 e. The molecule has 6 heteroatoms. The SMILES string of the molecule is Cc1ccc(C(=O)N(CC(=O)NC2CC(C)(O)C2)C[C@@H]2C[C@@H]2F)cc1. The zero-order valence-electron chi connectivity index (χ0n) is 14.7. The van der Waals surface area contributed by atoms with Crippen LogP contribution in [0.2, 0.25) is 0 Å². The molecule has 2 aliphatic rings. The van der Waals surface area contributed by atoms with E-state index in [0.717, 1.165) is 5.56 Å². The van der Waals surface area contributed by atoms with Crippen molar-refractivity contribution in [3.8, 4) is 0 Å². The summed E-state index contributed by atoms with van der Waals surface area (Å²) in [5, 5.41) is 12.6. The van der Waals surface area contributed by atoms with Crippen molar-refractivity contribution in [2.75, 3.05) is 13.1 Å². The summed E-state index contributed by atoms with van der Waals surface area (Å²) in [5.74, 6) is -0.696. The molecule has 0 heterocycles. The Bertz CT molecular complexity index is 651. The highest BCUT2D eigenvalue weighted by Crippen LogP contribution is 2.35. The van der Waals surface area contributed by atoms with E-state index in [9.17, 15) is 19.1 Å². The first kappa shape index (κ1) is 17.9. The first-order valence-electron chi connectivity index (χ1n) is 8.75. The smallest absolute Gasteiger partial charge is 0.254 e. The van der Waals surface area contributed by atoms with Crippen LogP contribution in [0, 0.1) is 12.8 Å². The van der Waals surface area contributed by atoms with Gasteiger partial charge in [0, 0.05) is 24.1 Å². The van der Waals surface area contributed by atoms with Crippen LogP contribution in [0.15, 0.2) is 24.3 Å². The second-order valence-corrected chi connectivity index (χ2v) is 7.73. The molecule has 2 N–H and O–H groups in total. The number of hydrogen-bond donors (Lipinski definition) is 2. The molecule has 5 nitrogen and oxygen atoms in total. The lowest BCUT2D eigenvalue weighted by atomic mass is 9.77. The van der Waals surface area contributed by atoms with Crippen LogP contribution in [0.3, 0.4) is 0 Å². The van der Waals surface area contributed by atoms with Crippen LogP contribution in [-0.2, 0) is 4.79 Å². The van der Waals surface area contributed by atoms with Crippen molar-refractivity contribution in [2.24, 2.45) is 5.92 Å². The van der Waals surface area contributed by atoms with E-state index in [0.29, 0.717) is 24.8 Å². The average molecular weight is 348 g/mol. The van der Waals surface area contributed by atoms with Gasteiger partial charge in [0.1, 0.15) is 6.17 Å². The summed E-state index contributed by atoms with van der Waals surface area (Å²) in [6.45, 7) is 3.83. The summed E-state index contributed by atoms with van der Waals surface area (Å²) in [6.07, 6.45) is 0.600. The Morgan fingerprint density at radius 2 is 1.92 bits per heavy atom. The summed E-state index contributed by atoms with van der Waals surface area (Å²) in [4.78, 5) is 26.4. The maximum absolute atomic E-state index is 13.3. The Hall–Kier alpha value is -1.95. The number of nitrogens with one attached hydrogen (secondary N) is 1. The number of amides is 2. The second kappa shape index (κ2) is 6.75. The largest absolute Gasteiger partial charge is 0.390 e. The molecular weight excluding hydrogens is 323 g/mol. The summed E-state index contributed by atoms with van der Waals surface area (Å²) in [7, 11) is 0. The van der Waals surface area contributed by atoms with Crippen LogP contribution in [0.1, 0.15) is 42.1 Å². The Balaban J connectivity index is 1.61. The van der Waals surface area contributed by atoms with Crippen LogP contribution in [0.25, 0.3) is 0 Å². The van der Waals surface area contributed by atoms with Crippen molar-refractivity contribution in [2.45, 2.75) is 50.9 Å². The van der Waals surface area contributed by atoms with Gasteiger partial charge < -0.3 is 15.3 Å². The highest BCUT2D eigenvalue weighted by atomic mass is 19.1. The molecule has 0 bridgehead atoms. The van der Waals surface area contributed by atoms with Crippen molar-refractivity contribution < 1.29 is 19.1 Å². The van der Waals surface area contributed by atoms with E-state index in [1.165, 1.54) is 4.90 Å². The summed E-state index contributed by atoms with van der Waals surface area (Å²) >= 11 is 0. The number of alkyl halides is 1. The molecule has 0 saturated heterocycles. The zero-order valence-corrected chi connectivity index (χ0v) is 14.7. The van der Waals surface area contributed by atoms with Gasteiger partial charge in [0.2, 0.25) is 5.91 Å². The van der Waals surface area contributed by atoms with Crippen LogP contribution in [-0.4, -0.2) is 52.7 Å². The van der Waals surface area contributed by atoms with Crippen molar-refractivity contribution in [1.82, 2.24) is 10.2 Å². The van der Waals surface area contributed by atoms with Crippen molar-refractivity contribution in [1.29, 1.82) is 0 Å². The number of aliphatic hydroxyl groups is 1. The summed E-state index contributed by atoms with van der Waals surface area (Å²) in [6, 6.07) is 7.08. The van der Waals surface area contributed by atoms with Gasteiger partial charge in [0.15, 0.2) is 0 Å². The number of nitrogens with zero attached hydrogens (tertiary/aromatic N) is 1. The number of carbonyl (C=O) groups excluding carboxylic acids is 2. The van der Waals surface area contributed by atoms with E-state index in [1.54, 1.807) is 19.1 Å². The minimum absolute atomic E-state index is 0.0614. The molecule has 2 fully saturated rings. The molecule has 2 saturated carbocycles. The number of hydrogen-bond acceptors (Lipinski definition) is 3. The summed E-state index contributed by atoms with van der Waals surface area (Å²) in [5.41, 5.74) is 0.829. The second-order valence-electron chi connectivity index (χ2n) is 7.73. The lowest BCUT2D eigenvalue weighted by Crippen LogP contribution is -2.55. The van der Waals surface area contributed by atoms with Crippen LogP contribution in [0.4, 0.5) is 4.39 Å². The van der Waals surface area contributed by atoms with Crippen molar-refractivity contribution in [3.05, 3.63) is 35.4 Å². The molecule has 1 aromatic carbocycles. The molecule has 2 atom stereocenters. The molecule has 2 amide bonds. The fourth-order valence-corrected chi connectivity index (χ4v) is 3.33. The van der Waals surface area contributed by atoms with Crippen LogP contribution in [0.5, 0.6) is 0 Å². The van der Waals surface area contributed by atoms with E-state index in [4.69, 9.17) is 0 Å². The van der Waals surface area contributed by atoms with Gasteiger partial charge in [-0.1, -0.05) is 17.7 Å². The Morgan fingerprint density at radius 1 is 1.32 bits per heavy atom. The highest BCUT2D eigenvalue weighted by molar-refractivity contribution is 5.96. The van der Waals surface area contributed by atoms with Gasteiger partial charge in [-0.05, 0) is 45.2 Å². The quantitative estimate of drug-likeness (QED) is 0.824. The number of carbonyl (C=O) groups is 2. The van der Waals surface area contributed by atoms with E-state index in [1.807, 2.05) is 19.1 Å². The monoisotopic (exact) mass is 348 g/mol. The Kier molecular flexibility index (Phi) is 4.82. The number of benzene rings is 1. The average Bonchev–Trinajstić information content (AvgIpc) is 3.20. The lowest BCUT2D eigenvalue weighted by Gasteiger charge is -2.41. The molecule has 136 valence electrons. The van der Waals surface area contributed by atoms with Gasteiger partial charge in [-0.25, -0.2) is 4.39 Å². The van der Waals surface area contributed by atoms with Gasteiger partial charge in [0.05, 0.1) is 12.1 Å². The number of aryl methyl sites for hydroxylation is 1. The predicted molar refractivity (Wildman–Crippen MR) is 91.9 cm³/mol. The number of halogens is 1. The van der Waals surface area contributed by atoms with Gasteiger partial charge >= 0.3 is 0 Å². The third-order valence-corrected chi connectivity index (χ3v) is 4.95. The standard InChI is InChI=1S/C19H25FN2O3/c1-12-3-5-13(6-4-12)18(24)22(10-14-7-16(14)20)11-17(23)21-15-8-19(2,25)9-15/h3-6,14-16,25H,7-11H2,1-2H3,(H,21,23)/t14-,15?,16-,19?/m0/s1. The Labute approximate surface area is 147 Å². The fourth-order valence-electron chi connectivity index (χ4n) is 3.33. The van der Waals surface area contributed by atoms with Gasteiger partial charge in [-0.3, -0.25) is 9.59 Å². The molecule has 0 aromatic heterocycles. The van der Waals surface area contributed by atoms with E-state index >= 15 is 0 Å². The molecule has 0 spiro atoms. The van der Waals surface area contributed by atoms with Crippen LogP contribution >= 0.6 is 0 Å². The molecule has 25 heavy (non-hydrogen) atoms. The van der Waals surface area contributed by atoms with Gasteiger partial charge in [-0.2, -0.15) is 0 Å². The van der Waals surface area contributed by atoms with Crippen LogP contribution < -0.4 is 5.32 Å².